The second kappa shape index (κ2) is 6.10. The molecule has 17 heavy (non-hydrogen) atoms. The first-order chi connectivity index (χ1) is 8.10. The van der Waals surface area contributed by atoms with Gasteiger partial charge in [-0.1, -0.05) is 12.1 Å². The zero-order valence-corrected chi connectivity index (χ0v) is 9.40. The summed E-state index contributed by atoms with van der Waals surface area (Å²) in [6.07, 6.45) is -0.500. The molecule has 5 heteroatoms. The summed E-state index contributed by atoms with van der Waals surface area (Å²) in [6.45, 7) is 1.30. The van der Waals surface area contributed by atoms with E-state index >= 15 is 0 Å². The minimum Gasteiger partial charge on any atom is -0.466 e. The SMILES string of the molecule is CCOC(=O)CC(=O)c1cccc(CO)c1F. The van der Waals surface area contributed by atoms with Gasteiger partial charge < -0.3 is 9.84 Å². The van der Waals surface area contributed by atoms with E-state index in [1.807, 2.05) is 0 Å². The van der Waals surface area contributed by atoms with E-state index in [0.717, 1.165) is 0 Å². The molecular weight excluding hydrogens is 227 g/mol. The highest BCUT2D eigenvalue weighted by molar-refractivity contribution is 6.06. The van der Waals surface area contributed by atoms with Crippen LogP contribution in [0.3, 0.4) is 0 Å². The van der Waals surface area contributed by atoms with Crippen LogP contribution in [0.15, 0.2) is 18.2 Å². The van der Waals surface area contributed by atoms with Gasteiger partial charge in [0.05, 0.1) is 18.8 Å². The van der Waals surface area contributed by atoms with Gasteiger partial charge in [-0.25, -0.2) is 4.39 Å². The Kier molecular flexibility index (Phi) is 4.78. The predicted octanol–water partition coefficient (Wildman–Crippen LogP) is 1.45. The van der Waals surface area contributed by atoms with Gasteiger partial charge in [-0.05, 0) is 13.0 Å². The summed E-state index contributed by atoms with van der Waals surface area (Å²) in [4.78, 5) is 22.7. The van der Waals surface area contributed by atoms with E-state index in [1.54, 1.807) is 6.92 Å². The topological polar surface area (TPSA) is 63.6 Å². The van der Waals surface area contributed by atoms with E-state index in [9.17, 15) is 14.0 Å². The Balaban J connectivity index is 2.86. The van der Waals surface area contributed by atoms with Gasteiger partial charge in [0.1, 0.15) is 12.2 Å². The lowest BCUT2D eigenvalue weighted by atomic mass is 10.0. The molecule has 0 unspecified atom stereocenters. The first-order valence-electron chi connectivity index (χ1n) is 5.17. The van der Waals surface area contributed by atoms with E-state index < -0.39 is 30.6 Å². The molecule has 0 bridgehead atoms. The molecule has 0 saturated carbocycles. The molecule has 0 aliphatic rings. The molecule has 0 aromatic heterocycles. The fourth-order valence-electron chi connectivity index (χ4n) is 1.36. The number of carbonyl (C=O) groups excluding carboxylic acids is 2. The fourth-order valence-corrected chi connectivity index (χ4v) is 1.36. The first-order valence-corrected chi connectivity index (χ1v) is 5.17. The molecule has 1 rings (SSSR count). The van der Waals surface area contributed by atoms with Gasteiger partial charge in [0.2, 0.25) is 0 Å². The number of benzene rings is 1. The number of Topliss-reactive ketones (excluding diaryl/α,β-unsaturated/α-hetero) is 1. The van der Waals surface area contributed by atoms with E-state index in [2.05, 4.69) is 4.74 Å². The normalized spacial score (nSPS) is 10.1. The van der Waals surface area contributed by atoms with Crippen LogP contribution in [0.1, 0.15) is 29.3 Å². The van der Waals surface area contributed by atoms with Gasteiger partial charge in [-0.2, -0.15) is 0 Å². The van der Waals surface area contributed by atoms with Crippen molar-refractivity contribution in [3.63, 3.8) is 0 Å². The average molecular weight is 240 g/mol. The molecule has 0 saturated heterocycles. The predicted molar refractivity (Wildman–Crippen MR) is 57.9 cm³/mol. The van der Waals surface area contributed by atoms with Crippen molar-refractivity contribution in [3.8, 4) is 0 Å². The van der Waals surface area contributed by atoms with Gasteiger partial charge in [-0.3, -0.25) is 9.59 Å². The molecule has 0 fully saturated rings. The Labute approximate surface area is 98.0 Å². The van der Waals surface area contributed by atoms with Crippen LogP contribution in [-0.4, -0.2) is 23.5 Å². The third-order valence-electron chi connectivity index (χ3n) is 2.16. The maximum absolute atomic E-state index is 13.6. The molecule has 4 nitrogen and oxygen atoms in total. The van der Waals surface area contributed by atoms with Crippen LogP contribution in [0.2, 0.25) is 0 Å². The number of carbonyl (C=O) groups is 2. The van der Waals surface area contributed by atoms with Gasteiger partial charge in [-0.15, -0.1) is 0 Å². The Morgan fingerprint density at radius 3 is 2.71 bits per heavy atom. The largest absolute Gasteiger partial charge is 0.466 e. The van der Waals surface area contributed by atoms with Crippen LogP contribution in [0.4, 0.5) is 4.39 Å². The highest BCUT2D eigenvalue weighted by atomic mass is 19.1. The van der Waals surface area contributed by atoms with Crippen molar-refractivity contribution in [3.05, 3.63) is 35.1 Å². The van der Waals surface area contributed by atoms with E-state index in [-0.39, 0.29) is 17.7 Å². The zero-order valence-electron chi connectivity index (χ0n) is 9.40. The molecule has 92 valence electrons. The van der Waals surface area contributed by atoms with Gasteiger partial charge in [0, 0.05) is 5.56 Å². The lowest BCUT2D eigenvalue weighted by molar-refractivity contribution is -0.141. The quantitative estimate of drug-likeness (QED) is 0.480. The summed E-state index contributed by atoms with van der Waals surface area (Å²) in [5.41, 5.74) is -0.177. The molecule has 0 heterocycles. The van der Waals surface area contributed by atoms with Crippen molar-refractivity contribution in [2.24, 2.45) is 0 Å². The van der Waals surface area contributed by atoms with E-state index in [4.69, 9.17) is 5.11 Å². The number of ether oxygens (including phenoxy) is 1. The highest BCUT2D eigenvalue weighted by Crippen LogP contribution is 2.15. The van der Waals surface area contributed by atoms with Crippen LogP contribution in [0, 0.1) is 5.82 Å². The van der Waals surface area contributed by atoms with Gasteiger partial charge >= 0.3 is 5.97 Å². The second-order valence-electron chi connectivity index (χ2n) is 3.34. The molecule has 0 aliphatic carbocycles. The molecule has 0 spiro atoms. The van der Waals surface area contributed by atoms with Crippen molar-refractivity contribution < 1.29 is 23.8 Å². The number of ketones is 1. The summed E-state index contributed by atoms with van der Waals surface area (Å²) in [7, 11) is 0. The van der Waals surface area contributed by atoms with Crippen molar-refractivity contribution >= 4 is 11.8 Å². The van der Waals surface area contributed by atoms with Crippen LogP contribution < -0.4 is 0 Å². The highest BCUT2D eigenvalue weighted by Gasteiger charge is 2.18. The summed E-state index contributed by atoms with van der Waals surface area (Å²) >= 11 is 0. The summed E-state index contributed by atoms with van der Waals surface area (Å²) in [5, 5.41) is 8.85. The summed E-state index contributed by atoms with van der Waals surface area (Å²) in [6, 6.07) is 4.10. The zero-order chi connectivity index (χ0) is 12.8. The summed E-state index contributed by atoms with van der Waals surface area (Å²) < 4.78 is 18.2. The Hall–Kier alpha value is -1.75. The van der Waals surface area contributed by atoms with Gasteiger partial charge in [0.25, 0.3) is 0 Å². The van der Waals surface area contributed by atoms with Gasteiger partial charge in [0.15, 0.2) is 5.78 Å². The molecule has 0 amide bonds. The molecule has 0 atom stereocenters. The number of esters is 1. The molecule has 0 aliphatic heterocycles. The standard InChI is InChI=1S/C12H13FO4/c1-2-17-11(16)6-10(15)9-5-3-4-8(7-14)12(9)13/h3-5,14H,2,6-7H2,1H3. The fraction of sp³-hybridized carbons (Fsp3) is 0.333. The average Bonchev–Trinajstić information content (AvgIpc) is 2.29. The molecule has 1 N–H and O–H groups in total. The monoisotopic (exact) mass is 240 g/mol. The third-order valence-corrected chi connectivity index (χ3v) is 2.16. The maximum Gasteiger partial charge on any atom is 0.313 e. The number of hydrogen-bond acceptors (Lipinski definition) is 4. The molecular formula is C12H13FO4. The van der Waals surface area contributed by atoms with E-state index in [0.29, 0.717) is 0 Å². The van der Waals surface area contributed by atoms with Crippen LogP contribution in [-0.2, 0) is 16.1 Å². The number of aliphatic hydroxyl groups is 1. The molecule has 0 radical (unpaired) electrons. The lowest BCUT2D eigenvalue weighted by Crippen LogP contribution is -2.13. The smallest absolute Gasteiger partial charge is 0.313 e. The number of halogens is 1. The maximum atomic E-state index is 13.6. The number of rotatable bonds is 5. The van der Waals surface area contributed by atoms with Crippen LogP contribution in [0.5, 0.6) is 0 Å². The van der Waals surface area contributed by atoms with Crippen molar-refractivity contribution in [1.29, 1.82) is 0 Å². The minimum atomic E-state index is -0.788. The summed E-state index contributed by atoms with van der Waals surface area (Å²) in [5.74, 6) is -2.13. The van der Waals surface area contributed by atoms with Crippen molar-refractivity contribution in [2.45, 2.75) is 20.0 Å². The van der Waals surface area contributed by atoms with Crippen molar-refractivity contribution in [1.82, 2.24) is 0 Å². The molecule has 1 aromatic carbocycles. The minimum absolute atomic E-state index is 0.0275. The third kappa shape index (κ3) is 3.35. The molecule has 1 aromatic rings. The van der Waals surface area contributed by atoms with Crippen molar-refractivity contribution in [2.75, 3.05) is 6.61 Å². The first kappa shape index (κ1) is 13.3. The number of hydrogen-bond donors (Lipinski definition) is 1. The number of aliphatic hydroxyl groups excluding tert-OH is 1. The van der Waals surface area contributed by atoms with E-state index in [1.165, 1.54) is 18.2 Å². The van der Waals surface area contributed by atoms with Crippen LogP contribution in [0.25, 0.3) is 0 Å². The lowest BCUT2D eigenvalue weighted by Gasteiger charge is -2.05. The van der Waals surface area contributed by atoms with Crippen LogP contribution >= 0.6 is 0 Å². The Morgan fingerprint density at radius 1 is 1.41 bits per heavy atom. The second-order valence-corrected chi connectivity index (χ2v) is 3.34. The Bertz CT molecular complexity index is 429. The Morgan fingerprint density at radius 2 is 2.12 bits per heavy atom.